The number of piperazine rings is 1. The topological polar surface area (TPSA) is 82.0 Å². The molecule has 2 aromatic rings. The second kappa shape index (κ2) is 13.2. The van der Waals surface area contributed by atoms with E-state index in [9.17, 15) is 14.9 Å². The van der Waals surface area contributed by atoms with Gasteiger partial charge in [-0.1, -0.05) is 55.1 Å². The SMILES string of the molecule is CC(C)N1C[C@H](C(=O)N2CCN(C3(CNCc4ccc([N+](=O)[O-])cc4)CCCCC3)CC2)[C@@H](c2ccc(Cl)cc2)C1. The number of hydrogen-bond acceptors (Lipinski definition) is 6. The van der Waals surface area contributed by atoms with Gasteiger partial charge in [-0.3, -0.25) is 24.7 Å². The molecule has 41 heavy (non-hydrogen) atoms. The summed E-state index contributed by atoms with van der Waals surface area (Å²) in [5.74, 6) is 0.451. The lowest BCUT2D eigenvalue weighted by atomic mass is 9.79. The van der Waals surface area contributed by atoms with Gasteiger partial charge in [0.15, 0.2) is 0 Å². The van der Waals surface area contributed by atoms with E-state index in [0.29, 0.717) is 18.5 Å². The van der Waals surface area contributed by atoms with Crippen LogP contribution in [0.5, 0.6) is 0 Å². The van der Waals surface area contributed by atoms with Crippen molar-refractivity contribution in [3.63, 3.8) is 0 Å². The van der Waals surface area contributed by atoms with Crippen LogP contribution in [0.2, 0.25) is 5.02 Å². The number of benzene rings is 2. The first kappa shape index (κ1) is 30.0. The van der Waals surface area contributed by atoms with Gasteiger partial charge in [-0.25, -0.2) is 0 Å². The zero-order valence-corrected chi connectivity index (χ0v) is 25.2. The standard InChI is InChI=1S/C32H44ClN5O3/c1-24(2)36-21-29(26-8-10-27(33)11-9-26)30(22-36)31(39)35-16-18-37(19-17-35)32(14-4-3-5-15-32)23-34-20-25-6-12-28(13-7-25)38(40)41/h6-13,24,29-30,34H,3-5,14-23H2,1-2H3/t29-,30+/m1/s1. The van der Waals surface area contributed by atoms with Crippen LogP contribution in [0.1, 0.15) is 63.0 Å². The zero-order valence-electron chi connectivity index (χ0n) is 24.4. The summed E-state index contributed by atoms with van der Waals surface area (Å²) >= 11 is 6.17. The lowest BCUT2D eigenvalue weighted by Gasteiger charge is -2.50. The summed E-state index contributed by atoms with van der Waals surface area (Å²) in [5, 5.41) is 15.4. The Bertz CT molecular complexity index is 1170. The molecule has 2 aliphatic heterocycles. The molecule has 222 valence electrons. The van der Waals surface area contributed by atoms with Crippen LogP contribution in [0.25, 0.3) is 0 Å². The highest BCUT2D eigenvalue weighted by atomic mass is 35.5. The molecule has 3 aliphatic rings. The summed E-state index contributed by atoms with van der Waals surface area (Å²) < 4.78 is 0. The molecular weight excluding hydrogens is 538 g/mol. The molecule has 1 aliphatic carbocycles. The van der Waals surface area contributed by atoms with Crippen LogP contribution in [0.3, 0.4) is 0 Å². The Morgan fingerprint density at radius 3 is 2.27 bits per heavy atom. The van der Waals surface area contributed by atoms with E-state index in [-0.39, 0.29) is 28.0 Å². The van der Waals surface area contributed by atoms with Gasteiger partial charge < -0.3 is 10.2 Å². The van der Waals surface area contributed by atoms with Gasteiger partial charge in [-0.15, -0.1) is 0 Å². The molecule has 0 aromatic heterocycles. The second-order valence-electron chi connectivity index (χ2n) is 12.4. The van der Waals surface area contributed by atoms with E-state index in [1.165, 1.54) is 37.7 Å². The largest absolute Gasteiger partial charge is 0.340 e. The number of nitro benzene ring substituents is 1. The van der Waals surface area contributed by atoms with Crippen LogP contribution < -0.4 is 5.32 Å². The minimum atomic E-state index is -0.358. The number of carbonyl (C=O) groups is 1. The first-order valence-electron chi connectivity index (χ1n) is 15.2. The molecule has 0 bridgehead atoms. The summed E-state index contributed by atoms with van der Waals surface area (Å²) in [7, 11) is 0. The number of non-ortho nitro benzene ring substituents is 1. The van der Waals surface area contributed by atoms with Crippen LogP contribution >= 0.6 is 11.6 Å². The van der Waals surface area contributed by atoms with Gasteiger partial charge in [-0.2, -0.15) is 0 Å². The van der Waals surface area contributed by atoms with Crippen molar-refractivity contribution >= 4 is 23.2 Å². The molecule has 5 rings (SSSR count). The maximum atomic E-state index is 14.0. The van der Waals surface area contributed by atoms with Crippen LogP contribution in [-0.4, -0.2) is 82.9 Å². The van der Waals surface area contributed by atoms with Crippen LogP contribution in [0.15, 0.2) is 48.5 Å². The number of likely N-dealkylation sites (tertiary alicyclic amines) is 1. The van der Waals surface area contributed by atoms with Gasteiger partial charge in [-0.05, 0) is 49.9 Å². The van der Waals surface area contributed by atoms with E-state index in [2.05, 4.69) is 46.0 Å². The lowest BCUT2D eigenvalue weighted by Crippen LogP contribution is -2.62. The average molecular weight is 582 g/mol. The molecule has 2 heterocycles. The van der Waals surface area contributed by atoms with E-state index in [1.54, 1.807) is 12.1 Å². The predicted molar refractivity (Wildman–Crippen MR) is 163 cm³/mol. The zero-order chi connectivity index (χ0) is 29.0. The molecule has 2 aromatic carbocycles. The first-order valence-corrected chi connectivity index (χ1v) is 15.6. The number of carbonyl (C=O) groups excluding carboxylic acids is 1. The fraction of sp³-hybridized carbons (Fsp3) is 0.594. The van der Waals surface area contributed by atoms with Gasteiger partial charge >= 0.3 is 0 Å². The fourth-order valence-electron chi connectivity index (χ4n) is 7.18. The van der Waals surface area contributed by atoms with Crippen molar-refractivity contribution in [3.05, 3.63) is 74.8 Å². The smallest absolute Gasteiger partial charge is 0.269 e. The van der Waals surface area contributed by atoms with Gasteiger partial charge in [0.05, 0.1) is 10.8 Å². The van der Waals surface area contributed by atoms with Gasteiger partial charge in [0.2, 0.25) is 5.91 Å². The molecule has 3 fully saturated rings. The Kier molecular flexibility index (Phi) is 9.64. The predicted octanol–water partition coefficient (Wildman–Crippen LogP) is 5.31. The highest BCUT2D eigenvalue weighted by molar-refractivity contribution is 6.30. The van der Waals surface area contributed by atoms with Crippen molar-refractivity contribution in [1.82, 2.24) is 20.0 Å². The van der Waals surface area contributed by atoms with Crippen LogP contribution in [0, 0.1) is 16.0 Å². The fourth-order valence-corrected chi connectivity index (χ4v) is 7.31. The van der Waals surface area contributed by atoms with Crippen molar-refractivity contribution in [2.24, 2.45) is 5.92 Å². The molecule has 0 spiro atoms. The Morgan fingerprint density at radius 1 is 1.00 bits per heavy atom. The molecule has 0 radical (unpaired) electrons. The summed E-state index contributed by atoms with van der Waals surface area (Å²) in [6.07, 6.45) is 6.07. The van der Waals surface area contributed by atoms with Crippen LogP contribution in [0.4, 0.5) is 5.69 Å². The third-order valence-corrected chi connectivity index (χ3v) is 9.92. The van der Waals surface area contributed by atoms with Gasteiger partial charge in [0, 0.05) is 87.0 Å². The summed E-state index contributed by atoms with van der Waals surface area (Å²) in [5.41, 5.74) is 2.48. The molecule has 1 N–H and O–H groups in total. The molecule has 1 amide bonds. The van der Waals surface area contributed by atoms with Gasteiger partial charge in [0.25, 0.3) is 5.69 Å². The van der Waals surface area contributed by atoms with Gasteiger partial charge in [0.1, 0.15) is 0 Å². The quantitative estimate of drug-likeness (QED) is 0.319. The van der Waals surface area contributed by atoms with Crippen molar-refractivity contribution < 1.29 is 9.72 Å². The Hall–Kier alpha value is -2.52. The minimum absolute atomic E-state index is 0.0304. The summed E-state index contributed by atoms with van der Waals surface area (Å²) in [6, 6.07) is 15.3. The Labute approximate surface area is 249 Å². The van der Waals surface area contributed by atoms with E-state index < -0.39 is 0 Å². The Balaban J connectivity index is 1.21. The minimum Gasteiger partial charge on any atom is -0.340 e. The second-order valence-corrected chi connectivity index (χ2v) is 12.9. The van der Waals surface area contributed by atoms with E-state index >= 15 is 0 Å². The highest BCUT2D eigenvalue weighted by Crippen LogP contribution is 2.37. The molecular formula is C32H44ClN5O3. The highest BCUT2D eigenvalue weighted by Gasteiger charge is 2.44. The summed E-state index contributed by atoms with van der Waals surface area (Å²) in [6.45, 7) is 11.1. The van der Waals surface area contributed by atoms with Crippen molar-refractivity contribution in [3.8, 4) is 0 Å². The normalized spacial score (nSPS) is 23.7. The van der Waals surface area contributed by atoms with E-state index in [1.807, 2.05) is 24.3 Å². The number of hydrogen-bond donors (Lipinski definition) is 1. The van der Waals surface area contributed by atoms with Crippen molar-refractivity contribution in [2.75, 3.05) is 45.8 Å². The molecule has 8 nitrogen and oxygen atoms in total. The number of amides is 1. The number of nitrogens with zero attached hydrogens (tertiary/aromatic N) is 4. The van der Waals surface area contributed by atoms with E-state index in [4.69, 9.17) is 11.6 Å². The monoisotopic (exact) mass is 581 g/mol. The maximum Gasteiger partial charge on any atom is 0.269 e. The molecule has 9 heteroatoms. The summed E-state index contributed by atoms with van der Waals surface area (Å²) in [4.78, 5) is 31.8. The lowest BCUT2D eigenvalue weighted by molar-refractivity contribution is -0.384. The molecule has 0 unspecified atom stereocenters. The number of rotatable bonds is 9. The molecule has 1 saturated carbocycles. The van der Waals surface area contributed by atoms with Crippen molar-refractivity contribution in [1.29, 1.82) is 0 Å². The number of nitro groups is 1. The number of nitrogens with one attached hydrogen (secondary N) is 1. The third kappa shape index (κ3) is 6.94. The average Bonchev–Trinajstić information content (AvgIpc) is 3.44. The first-order chi connectivity index (χ1) is 19.8. The van der Waals surface area contributed by atoms with E-state index in [0.717, 1.165) is 56.4 Å². The maximum absolute atomic E-state index is 14.0. The van der Waals surface area contributed by atoms with Crippen LogP contribution in [-0.2, 0) is 11.3 Å². The Morgan fingerprint density at radius 2 is 1.66 bits per heavy atom. The third-order valence-electron chi connectivity index (χ3n) is 9.67. The number of halogens is 1. The van der Waals surface area contributed by atoms with Crippen molar-refractivity contribution in [2.45, 2.75) is 70.0 Å². The molecule has 2 saturated heterocycles. The molecule has 2 atom stereocenters.